The summed E-state index contributed by atoms with van der Waals surface area (Å²) >= 11 is 0. The summed E-state index contributed by atoms with van der Waals surface area (Å²) in [5.74, 6) is 0. The van der Waals surface area contributed by atoms with Gasteiger partial charge in [0.05, 0.1) is 6.61 Å². The van der Waals surface area contributed by atoms with Gasteiger partial charge in [0.25, 0.3) is 0 Å². The number of unbranched alkanes of at least 4 members (excludes halogenated alkanes) is 14. The van der Waals surface area contributed by atoms with Crippen molar-refractivity contribution in [3.05, 3.63) is 6.61 Å². The van der Waals surface area contributed by atoms with Crippen LogP contribution in [0.3, 0.4) is 0 Å². The molecule has 0 saturated carbocycles. The Kier molecular flexibility index (Phi) is 19.9. The molecule has 0 aromatic rings. The molecule has 0 unspecified atom stereocenters. The summed E-state index contributed by atoms with van der Waals surface area (Å²) in [5, 5.41) is 0. The maximum absolute atomic E-state index is 5.59. The maximum atomic E-state index is 5.59. The standard InChI is InChI=1S/C20H41O/c1-3-5-7-9-11-12-13-14-16-18-20-21-19-17-15-10-8-6-4-2/h20H,3-19H2,1-2H3. The fraction of sp³-hybridized carbons (Fsp3) is 0.950. The van der Waals surface area contributed by atoms with Gasteiger partial charge in [-0.2, -0.15) is 0 Å². The molecule has 0 aliphatic rings. The van der Waals surface area contributed by atoms with Gasteiger partial charge in [0.1, 0.15) is 0 Å². The average Bonchev–Trinajstić information content (AvgIpc) is 2.50. The molecular formula is C20H41O. The molecule has 0 aromatic heterocycles. The Labute approximate surface area is 135 Å². The van der Waals surface area contributed by atoms with Crippen LogP contribution in [-0.2, 0) is 4.74 Å². The Bertz CT molecular complexity index is 149. The summed E-state index contributed by atoms with van der Waals surface area (Å²) in [6.45, 7) is 7.53. The van der Waals surface area contributed by atoms with Crippen LogP contribution in [-0.4, -0.2) is 6.61 Å². The van der Waals surface area contributed by atoms with Crippen molar-refractivity contribution >= 4 is 0 Å². The zero-order chi connectivity index (χ0) is 15.4. The zero-order valence-corrected chi connectivity index (χ0v) is 15.0. The van der Waals surface area contributed by atoms with Crippen LogP contribution in [0.15, 0.2) is 0 Å². The maximum Gasteiger partial charge on any atom is 0.0836 e. The largest absolute Gasteiger partial charge is 0.376 e. The first-order valence-electron chi connectivity index (χ1n) is 9.85. The van der Waals surface area contributed by atoms with Crippen molar-refractivity contribution in [3.63, 3.8) is 0 Å². The van der Waals surface area contributed by atoms with Crippen LogP contribution in [0.2, 0.25) is 0 Å². The molecule has 0 rings (SSSR count). The predicted octanol–water partition coefficient (Wildman–Crippen LogP) is 7.45. The van der Waals surface area contributed by atoms with Gasteiger partial charge in [-0.15, -0.1) is 0 Å². The molecule has 0 aliphatic heterocycles. The third kappa shape index (κ3) is 20.0. The van der Waals surface area contributed by atoms with E-state index in [9.17, 15) is 0 Å². The van der Waals surface area contributed by atoms with Crippen molar-refractivity contribution in [2.24, 2.45) is 0 Å². The van der Waals surface area contributed by atoms with Gasteiger partial charge in [-0.1, -0.05) is 104 Å². The molecule has 0 bridgehead atoms. The molecule has 127 valence electrons. The number of ether oxygens (including phenoxy) is 1. The van der Waals surface area contributed by atoms with Crippen molar-refractivity contribution in [1.82, 2.24) is 0 Å². The third-order valence-electron chi connectivity index (χ3n) is 4.16. The van der Waals surface area contributed by atoms with Gasteiger partial charge in [-0.3, -0.25) is 0 Å². The Morgan fingerprint density at radius 3 is 1.48 bits per heavy atom. The molecule has 0 saturated heterocycles. The second kappa shape index (κ2) is 20.0. The fourth-order valence-electron chi connectivity index (χ4n) is 2.67. The van der Waals surface area contributed by atoms with Gasteiger partial charge < -0.3 is 4.74 Å². The van der Waals surface area contributed by atoms with E-state index in [1.165, 1.54) is 96.3 Å². The summed E-state index contributed by atoms with van der Waals surface area (Å²) in [5.41, 5.74) is 0. The minimum absolute atomic E-state index is 0.934. The third-order valence-corrected chi connectivity index (χ3v) is 4.16. The zero-order valence-electron chi connectivity index (χ0n) is 15.0. The Morgan fingerprint density at radius 2 is 0.952 bits per heavy atom. The Balaban J connectivity index is 2.90. The quantitative estimate of drug-likeness (QED) is 0.239. The second-order valence-corrected chi connectivity index (χ2v) is 6.42. The summed E-state index contributed by atoms with van der Waals surface area (Å²) in [6.07, 6.45) is 21.9. The van der Waals surface area contributed by atoms with Gasteiger partial charge >= 0.3 is 0 Å². The van der Waals surface area contributed by atoms with E-state index in [1.807, 2.05) is 6.61 Å². The number of rotatable bonds is 18. The van der Waals surface area contributed by atoms with Crippen molar-refractivity contribution in [2.45, 2.75) is 117 Å². The molecular weight excluding hydrogens is 256 g/mol. The molecule has 21 heavy (non-hydrogen) atoms. The van der Waals surface area contributed by atoms with E-state index >= 15 is 0 Å². The van der Waals surface area contributed by atoms with E-state index in [1.54, 1.807) is 0 Å². The summed E-state index contributed by atoms with van der Waals surface area (Å²) < 4.78 is 5.59. The lowest BCUT2D eigenvalue weighted by molar-refractivity contribution is 0.183. The lowest BCUT2D eigenvalue weighted by atomic mass is 10.1. The molecule has 0 N–H and O–H groups in total. The summed E-state index contributed by atoms with van der Waals surface area (Å²) in [6, 6.07) is 0. The van der Waals surface area contributed by atoms with Crippen molar-refractivity contribution in [3.8, 4) is 0 Å². The number of hydrogen-bond acceptors (Lipinski definition) is 1. The SMILES string of the molecule is CCCCCCCCCCC[CH]OCCCCCCCC. The molecule has 0 heterocycles. The van der Waals surface area contributed by atoms with Crippen LogP contribution in [0.4, 0.5) is 0 Å². The van der Waals surface area contributed by atoms with Crippen molar-refractivity contribution < 1.29 is 4.74 Å². The predicted molar refractivity (Wildman–Crippen MR) is 95.5 cm³/mol. The Morgan fingerprint density at radius 1 is 0.524 bits per heavy atom. The molecule has 0 fully saturated rings. The highest BCUT2D eigenvalue weighted by atomic mass is 16.5. The molecule has 0 aromatic carbocycles. The van der Waals surface area contributed by atoms with Gasteiger partial charge in [0.2, 0.25) is 0 Å². The normalized spacial score (nSPS) is 11.1. The molecule has 1 radical (unpaired) electrons. The molecule has 0 atom stereocenters. The highest BCUT2D eigenvalue weighted by molar-refractivity contribution is 4.53. The van der Waals surface area contributed by atoms with Crippen LogP contribution >= 0.6 is 0 Å². The second-order valence-electron chi connectivity index (χ2n) is 6.42. The lowest BCUT2D eigenvalue weighted by Crippen LogP contribution is -1.92. The molecule has 0 aliphatic carbocycles. The smallest absolute Gasteiger partial charge is 0.0836 e. The first-order chi connectivity index (χ1) is 10.4. The summed E-state index contributed by atoms with van der Waals surface area (Å²) in [7, 11) is 0. The van der Waals surface area contributed by atoms with E-state index < -0.39 is 0 Å². The minimum Gasteiger partial charge on any atom is -0.376 e. The minimum atomic E-state index is 0.934. The highest BCUT2D eigenvalue weighted by Crippen LogP contribution is 2.11. The molecule has 0 spiro atoms. The fourth-order valence-corrected chi connectivity index (χ4v) is 2.67. The van der Waals surface area contributed by atoms with Gasteiger partial charge in [0, 0.05) is 6.61 Å². The molecule has 1 heteroatoms. The first kappa shape index (κ1) is 21.0. The van der Waals surface area contributed by atoms with Gasteiger partial charge in [-0.05, 0) is 12.8 Å². The van der Waals surface area contributed by atoms with Crippen LogP contribution in [0.5, 0.6) is 0 Å². The molecule has 0 amide bonds. The topological polar surface area (TPSA) is 9.23 Å². The Hall–Kier alpha value is -0.0400. The average molecular weight is 298 g/mol. The van der Waals surface area contributed by atoms with E-state index in [-0.39, 0.29) is 0 Å². The molecule has 1 nitrogen and oxygen atoms in total. The van der Waals surface area contributed by atoms with E-state index in [0.717, 1.165) is 13.0 Å². The van der Waals surface area contributed by atoms with E-state index in [4.69, 9.17) is 4.74 Å². The van der Waals surface area contributed by atoms with Crippen LogP contribution < -0.4 is 0 Å². The highest BCUT2D eigenvalue weighted by Gasteiger charge is 1.94. The van der Waals surface area contributed by atoms with Crippen LogP contribution in [0.25, 0.3) is 0 Å². The van der Waals surface area contributed by atoms with Crippen LogP contribution in [0.1, 0.15) is 117 Å². The van der Waals surface area contributed by atoms with Crippen molar-refractivity contribution in [1.29, 1.82) is 0 Å². The monoisotopic (exact) mass is 297 g/mol. The lowest BCUT2D eigenvalue weighted by Gasteiger charge is -2.04. The van der Waals surface area contributed by atoms with Gasteiger partial charge in [0.15, 0.2) is 0 Å². The number of hydrogen-bond donors (Lipinski definition) is 0. The van der Waals surface area contributed by atoms with E-state index in [0.29, 0.717) is 0 Å². The first-order valence-corrected chi connectivity index (χ1v) is 9.85. The van der Waals surface area contributed by atoms with E-state index in [2.05, 4.69) is 13.8 Å². The van der Waals surface area contributed by atoms with Crippen LogP contribution in [0, 0.1) is 6.61 Å². The summed E-state index contributed by atoms with van der Waals surface area (Å²) in [4.78, 5) is 0. The van der Waals surface area contributed by atoms with Gasteiger partial charge in [-0.25, -0.2) is 0 Å². The van der Waals surface area contributed by atoms with Crippen molar-refractivity contribution in [2.75, 3.05) is 6.61 Å².